The summed E-state index contributed by atoms with van der Waals surface area (Å²) < 4.78 is 81.8. The molecule has 35 heavy (non-hydrogen) atoms. The van der Waals surface area contributed by atoms with Gasteiger partial charge in [-0.1, -0.05) is 6.07 Å². The molecule has 0 spiro atoms. The van der Waals surface area contributed by atoms with Gasteiger partial charge in [0.2, 0.25) is 17.0 Å². The molecule has 0 amide bonds. The van der Waals surface area contributed by atoms with E-state index in [2.05, 4.69) is 30.5 Å². The number of nitrogens with one attached hydrogen (secondary N) is 2. The fourth-order valence-corrected chi connectivity index (χ4v) is 3.28. The molecule has 0 fully saturated rings. The minimum absolute atomic E-state index is 0.116. The van der Waals surface area contributed by atoms with Crippen LogP contribution in [0.4, 0.5) is 43.8 Å². The van der Waals surface area contributed by atoms with Crippen molar-refractivity contribution in [3.8, 4) is 23.0 Å². The zero-order valence-electron chi connectivity index (χ0n) is 17.1. The van der Waals surface area contributed by atoms with E-state index in [0.29, 0.717) is 11.4 Å². The van der Waals surface area contributed by atoms with E-state index in [4.69, 9.17) is 10.5 Å². The highest BCUT2D eigenvalue weighted by atomic mass is 32.2. The van der Waals surface area contributed by atoms with Gasteiger partial charge in [0.25, 0.3) is 0 Å². The van der Waals surface area contributed by atoms with E-state index in [1.54, 1.807) is 12.1 Å². The maximum Gasteiger partial charge on any atom is 0.449 e. The lowest BCUT2D eigenvalue weighted by atomic mass is 10.2. The molecule has 15 heteroatoms. The minimum atomic E-state index is -4.58. The first-order valence-corrected chi connectivity index (χ1v) is 10.3. The number of aromatic nitrogens is 5. The van der Waals surface area contributed by atoms with Crippen molar-refractivity contribution >= 4 is 29.2 Å². The quantitative estimate of drug-likeness (QED) is 0.163. The molecule has 4 rings (SSSR count). The predicted molar refractivity (Wildman–Crippen MR) is 115 cm³/mol. The summed E-state index contributed by atoms with van der Waals surface area (Å²) in [5.41, 5.74) is 0.847. The summed E-state index contributed by atoms with van der Waals surface area (Å²) in [4.78, 5) is 10.0. The number of nitrogens with zero attached hydrogens (tertiary/aromatic N) is 4. The van der Waals surface area contributed by atoms with Crippen LogP contribution in [0.15, 0.2) is 59.8 Å². The second-order valence-corrected chi connectivity index (χ2v) is 7.85. The van der Waals surface area contributed by atoms with Gasteiger partial charge in [-0.15, -0.1) is 10.2 Å². The molecular weight excluding hydrogens is 500 g/mol. The van der Waals surface area contributed by atoms with E-state index in [1.165, 1.54) is 30.3 Å². The van der Waals surface area contributed by atoms with Crippen molar-refractivity contribution in [3.05, 3.63) is 60.2 Å². The lowest BCUT2D eigenvalue weighted by Gasteiger charge is -2.09. The topological polar surface area (TPSA) is 115 Å². The third-order valence-electron chi connectivity index (χ3n) is 4.20. The predicted octanol–water partition coefficient (Wildman–Crippen LogP) is 6.01. The average molecular weight is 513 g/mol. The number of nitrogen functional groups attached to an aromatic ring is 1. The zero-order valence-corrected chi connectivity index (χ0v) is 18.0. The smallest absolute Gasteiger partial charge is 0.439 e. The van der Waals surface area contributed by atoms with Crippen molar-refractivity contribution in [2.75, 3.05) is 11.1 Å². The number of ether oxygens (including phenoxy) is 1. The molecule has 0 bridgehead atoms. The Labute approximate surface area is 197 Å². The summed E-state index contributed by atoms with van der Waals surface area (Å²) in [6, 6.07) is 12.0. The van der Waals surface area contributed by atoms with E-state index >= 15 is 0 Å². The summed E-state index contributed by atoms with van der Waals surface area (Å²) in [6.45, 7) is 0. The summed E-state index contributed by atoms with van der Waals surface area (Å²) in [7, 11) is 0. The van der Waals surface area contributed by atoms with Crippen molar-refractivity contribution < 1.29 is 31.1 Å². The van der Waals surface area contributed by atoms with Crippen LogP contribution in [-0.4, -0.2) is 30.7 Å². The molecule has 0 unspecified atom stereocenters. The summed E-state index contributed by atoms with van der Waals surface area (Å²) in [5, 5.41) is 9.92. The van der Waals surface area contributed by atoms with Gasteiger partial charge < -0.3 is 20.8 Å². The van der Waals surface area contributed by atoms with Gasteiger partial charge in [-0.3, -0.25) is 0 Å². The lowest BCUT2D eigenvalue weighted by molar-refractivity contribution is -0.137. The molecule has 0 saturated heterocycles. The van der Waals surface area contributed by atoms with Gasteiger partial charge in [-0.25, -0.2) is 4.98 Å². The first-order chi connectivity index (χ1) is 16.4. The number of thioether (sulfide) groups is 1. The Balaban J connectivity index is 1.45. The van der Waals surface area contributed by atoms with Crippen molar-refractivity contribution in [2.45, 2.75) is 16.8 Å². The van der Waals surface area contributed by atoms with Gasteiger partial charge >= 0.3 is 11.7 Å². The molecule has 0 aliphatic carbocycles. The van der Waals surface area contributed by atoms with Crippen LogP contribution in [-0.2, 0) is 6.18 Å². The monoisotopic (exact) mass is 513 g/mol. The van der Waals surface area contributed by atoms with Gasteiger partial charge in [0, 0.05) is 29.1 Å². The number of anilines is 3. The van der Waals surface area contributed by atoms with E-state index in [0.717, 1.165) is 12.1 Å². The SMILES string of the molecule is Nc1cc(Oc2ccc(-c3nnc(Nc4cccc(C(F)(F)F)c4)[nH]3)cc2)nc(SC(F)(F)F)n1. The molecule has 4 N–H and O–H groups in total. The van der Waals surface area contributed by atoms with E-state index < -0.39 is 34.2 Å². The molecule has 2 aromatic heterocycles. The largest absolute Gasteiger partial charge is 0.449 e. The molecular formula is C20H13F6N7OS. The van der Waals surface area contributed by atoms with Crippen molar-refractivity contribution in [1.82, 2.24) is 25.1 Å². The molecule has 0 aliphatic rings. The van der Waals surface area contributed by atoms with Crippen molar-refractivity contribution in [1.29, 1.82) is 0 Å². The number of benzene rings is 2. The first-order valence-electron chi connectivity index (χ1n) is 9.50. The van der Waals surface area contributed by atoms with Crippen LogP contribution in [0.25, 0.3) is 11.4 Å². The third kappa shape index (κ3) is 6.53. The van der Waals surface area contributed by atoms with Crippen molar-refractivity contribution in [3.63, 3.8) is 0 Å². The highest BCUT2D eigenvalue weighted by Crippen LogP contribution is 2.36. The van der Waals surface area contributed by atoms with Crippen LogP contribution in [0.5, 0.6) is 11.6 Å². The second-order valence-electron chi connectivity index (χ2n) is 6.81. The third-order valence-corrected chi connectivity index (χ3v) is 4.80. The number of hydrogen-bond donors (Lipinski definition) is 3. The van der Waals surface area contributed by atoms with Gasteiger partial charge in [-0.2, -0.15) is 31.3 Å². The van der Waals surface area contributed by atoms with Crippen LogP contribution in [0, 0.1) is 0 Å². The summed E-state index contributed by atoms with van der Waals surface area (Å²) >= 11 is -0.519. The van der Waals surface area contributed by atoms with E-state index in [-0.39, 0.29) is 29.1 Å². The zero-order chi connectivity index (χ0) is 25.2. The van der Waals surface area contributed by atoms with Gasteiger partial charge in [0.15, 0.2) is 5.82 Å². The number of aromatic amines is 1. The Morgan fingerprint density at radius 1 is 0.914 bits per heavy atom. The number of H-pyrrole nitrogens is 1. The normalized spacial score (nSPS) is 11.9. The number of halogens is 6. The summed E-state index contributed by atoms with van der Waals surface area (Å²) in [5.74, 6) is 0.300. The molecule has 8 nitrogen and oxygen atoms in total. The molecule has 0 radical (unpaired) electrons. The van der Waals surface area contributed by atoms with Crippen LogP contribution in [0.1, 0.15) is 5.56 Å². The van der Waals surface area contributed by atoms with E-state index in [1.807, 2.05) is 0 Å². The maximum atomic E-state index is 12.9. The van der Waals surface area contributed by atoms with Gasteiger partial charge in [-0.05, 0) is 42.5 Å². The fourth-order valence-electron chi connectivity index (χ4n) is 2.78. The fraction of sp³-hybridized carbons (Fsp3) is 0.100. The Kier molecular flexibility index (Phi) is 6.43. The molecule has 182 valence electrons. The Morgan fingerprint density at radius 2 is 1.66 bits per heavy atom. The number of alkyl halides is 6. The van der Waals surface area contributed by atoms with Crippen molar-refractivity contribution in [2.24, 2.45) is 0 Å². The van der Waals surface area contributed by atoms with Crippen LogP contribution >= 0.6 is 11.8 Å². The second kappa shape index (κ2) is 9.32. The number of hydrogen-bond acceptors (Lipinski definition) is 8. The molecule has 0 saturated carbocycles. The summed E-state index contributed by atoms with van der Waals surface area (Å²) in [6.07, 6.45) is -4.48. The minimum Gasteiger partial charge on any atom is -0.439 e. The lowest BCUT2D eigenvalue weighted by Crippen LogP contribution is -2.05. The average Bonchev–Trinajstić information content (AvgIpc) is 3.20. The van der Waals surface area contributed by atoms with Crippen LogP contribution < -0.4 is 15.8 Å². The Hall–Kier alpha value is -4.01. The standard InChI is InChI=1S/C20H13F6N7OS/c21-19(22,23)11-2-1-3-12(8-11)28-17-31-16(32-33-17)10-4-6-13(7-5-10)34-15-9-14(27)29-18(30-15)35-20(24,25)26/h1-9H,(H2,27,29,30)(H2,28,31,32,33). The Morgan fingerprint density at radius 3 is 2.34 bits per heavy atom. The first kappa shape index (κ1) is 24.1. The molecule has 0 atom stereocenters. The highest BCUT2D eigenvalue weighted by Gasteiger charge is 2.32. The van der Waals surface area contributed by atoms with E-state index in [9.17, 15) is 26.3 Å². The maximum absolute atomic E-state index is 12.9. The number of rotatable bonds is 6. The molecule has 4 aromatic rings. The van der Waals surface area contributed by atoms with Gasteiger partial charge in [0.1, 0.15) is 11.6 Å². The van der Waals surface area contributed by atoms with Crippen LogP contribution in [0.2, 0.25) is 0 Å². The number of nitrogens with two attached hydrogens (primary N) is 1. The Bertz CT molecular complexity index is 1320. The molecule has 2 heterocycles. The van der Waals surface area contributed by atoms with Crippen LogP contribution in [0.3, 0.4) is 0 Å². The molecule has 0 aliphatic heterocycles. The highest BCUT2D eigenvalue weighted by molar-refractivity contribution is 8.00. The molecule has 2 aromatic carbocycles. The van der Waals surface area contributed by atoms with Gasteiger partial charge in [0.05, 0.1) is 5.56 Å².